The van der Waals surface area contributed by atoms with Gasteiger partial charge in [-0.1, -0.05) is 103 Å². The van der Waals surface area contributed by atoms with Gasteiger partial charge < -0.3 is 38.3 Å². The molecule has 9 heteroatoms. The molecule has 1 N–H and O–H groups in total. The molecule has 0 amide bonds. The molecule has 8 atom stereocenters. The van der Waals surface area contributed by atoms with Gasteiger partial charge in [-0.3, -0.25) is 0 Å². The zero-order chi connectivity index (χ0) is 35.8. The number of unbranched alkanes of at least 4 members (excludes halogenated alkanes) is 13. The van der Waals surface area contributed by atoms with Crippen LogP contribution in [0.1, 0.15) is 168 Å². The molecule has 50 heavy (non-hydrogen) atoms. The first-order chi connectivity index (χ1) is 24.4. The first kappa shape index (κ1) is 43.3. The summed E-state index contributed by atoms with van der Waals surface area (Å²) in [7, 11) is 3.37. The SMILES string of the molecule is CCCCCCCCCC[C@@H](OCOC)[C@H]1CC[C@H]([C@H]2CC[C@H]([C@@H](CCCCCCCCC[C@H](O)CCC3=C[C@H](C)OC3=O)OCOC)O2)O1. The molecule has 9 nitrogen and oxygen atoms in total. The molecule has 0 aromatic carbocycles. The van der Waals surface area contributed by atoms with Crippen LogP contribution in [0.2, 0.25) is 0 Å². The fourth-order valence-corrected chi connectivity index (χ4v) is 7.91. The van der Waals surface area contributed by atoms with E-state index in [1.54, 1.807) is 14.2 Å². The summed E-state index contributed by atoms with van der Waals surface area (Å²) < 4.78 is 41.3. The highest BCUT2D eigenvalue weighted by Crippen LogP contribution is 2.36. The maximum Gasteiger partial charge on any atom is 0.334 e. The van der Waals surface area contributed by atoms with E-state index >= 15 is 0 Å². The number of esters is 1. The second kappa shape index (κ2) is 26.7. The summed E-state index contributed by atoms with van der Waals surface area (Å²) in [5, 5.41) is 10.3. The largest absolute Gasteiger partial charge is 0.455 e. The number of hydrogen-bond acceptors (Lipinski definition) is 9. The topological polar surface area (TPSA) is 102 Å². The van der Waals surface area contributed by atoms with E-state index in [-0.39, 0.29) is 54.8 Å². The third-order valence-corrected chi connectivity index (χ3v) is 10.8. The van der Waals surface area contributed by atoms with Crippen LogP contribution in [0.4, 0.5) is 0 Å². The third kappa shape index (κ3) is 17.2. The Morgan fingerprint density at radius 2 is 1.14 bits per heavy atom. The van der Waals surface area contributed by atoms with E-state index < -0.39 is 0 Å². The molecule has 0 aromatic heterocycles. The van der Waals surface area contributed by atoms with Crippen molar-refractivity contribution in [1.29, 1.82) is 0 Å². The van der Waals surface area contributed by atoms with Crippen LogP contribution in [-0.4, -0.2) is 87.7 Å². The first-order valence-corrected chi connectivity index (χ1v) is 20.6. The van der Waals surface area contributed by atoms with Crippen molar-refractivity contribution < 1.29 is 43.1 Å². The predicted molar refractivity (Wildman–Crippen MR) is 197 cm³/mol. The summed E-state index contributed by atoms with van der Waals surface area (Å²) >= 11 is 0. The lowest BCUT2D eigenvalue weighted by molar-refractivity contribution is -0.158. The number of hydrogen-bond donors (Lipinski definition) is 1. The molecule has 0 aromatic rings. The molecule has 0 aliphatic carbocycles. The number of ether oxygens (including phenoxy) is 7. The number of carbonyl (C=O) groups is 1. The average molecular weight is 711 g/mol. The highest BCUT2D eigenvalue weighted by Gasteiger charge is 2.41. The molecule has 3 aliphatic rings. The van der Waals surface area contributed by atoms with Crippen LogP contribution >= 0.6 is 0 Å². The summed E-state index contributed by atoms with van der Waals surface area (Å²) in [6.07, 6.45) is 28.6. The highest BCUT2D eigenvalue weighted by molar-refractivity contribution is 5.90. The van der Waals surface area contributed by atoms with E-state index in [0.717, 1.165) is 64.2 Å². The minimum absolute atomic E-state index is 0.0449. The second-order valence-corrected chi connectivity index (χ2v) is 15.1. The van der Waals surface area contributed by atoms with Crippen LogP contribution in [0.15, 0.2) is 11.6 Å². The summed E-state index contributed by atoms with van der Waals surface area (Å²) in [6.45, 7) is 4.74. The van der Waals surface area contributed by atoms with E-state index in [0.29, 0.717) is 32.0 Å². The van der Waals surface area contributed by atoms with Gasteiger partial charge in [0.25, 0.3) is 0 Å². The average Bonchev–Trinajstić information content (AvgIpc) is 3.87. The van der Waals surface area contributed by atoms with Crippen molar-refractivity contribution in [1.82, 2.24) is 0 Å². The Balaban J connectivity index is 1.27. The number of aliphatic hydroxyl groups excluding tert-OH is 1. The minimum Gasteiger partial charge on any atom is -0.455 e. The van der Waals surface area contributed by atoms with Gasteiger partial charge in [0.1, 0.15) is 19.7 Å². The lowest BCUT2D eigenvalue weighted by Gasteiger charge is -2.27. The maximum atomic E-state index is 11.7. The molecule has 0 unspecified atom stereocenters. The molecule has 2 fully saturated rings. The predicted octanol–water partition coefficient (Wildman–Crippen LogP) is 9.11. The third-order valence-electron chi connectivity index (χ3n) is 10.8. The van der Waals surface area contributed by atoms with Crippen molar-refractivity contribution in [3.63, 3.8) is 0 Å². The smallest absolute Gasteiger partial charge is 0.334 e. The summed E-state index contributed by atoms with van der Waals surface area (Å²) in [6, 6.07) is 0. The molecule has 3 aliphatic heterocycles. The first-order valence-electron chi connectivity index (χ1n) is 20.6. The Morgan fingerprint density at radius 3 is 1.58 bits per heavy atom. The van der Waals surface area contributed by atoms with Crippen molar-refractivity contribution in [2.45, 2.75) is 217 Å². The van der Waals surface area contributed by atoms with Crippen LogP contribution in [0.3, 0.4) is 0 Å². The van der Waals surface area contributed by atoms with Crippen LogP contribution in [0.25, 0.3) is 0 Å². The van der Waals surface area contributed by atoms with Gasteiger partial charge in [-0.25, -0.2) is 4.79 Å². The Kier molecular flexibility index (Phi) is 23.1. The molecule has 3 heterocycles. The zero-order valence-corrected chi connectivity index (χ0v) is 32.3. The van der Waals surface area contributed by atoms with Crippen molar-refractivity contribution >= 4 is 5.97 Å². The normalized spacial score (nSPS) is 25.6. The van der Waals surface area contributed by atoms with Crippen LogP contribution in [-0.2, 0) is 38.0 Å². The van der Waals surface area contributed by atoms with Crippen molar-refractivity contribution in [3.8, 4) is 0 Å². The molecule has 0 radical (unpaired) electrons. The van der Waals surface area contributed by atoms with Gasteiger partial charge in [0.05, 0.1) is 42.7 Å². The molecule has 292 valence electrons. The van der Waals surface area contributed by atoms with E-state index in [9.17, 15) is 9.90 Å². The number of carbonyl (C=O) groups excluding carboxylic acids is 1. The number of aliphatic hydroxyl groups is 1. The molecule has 0 saturated carbocycles. The van der Waals surface area contributed by atoms with Crippen LogP contribution in [0, 0.1) is 0 Å². The molecule has 0 spiro atoms. The second-order valence-electron chi connectivity index (χ2n) is 15.1. The van der Waals surface area contributed by atoms with Gasteiger partial charge in [-0.05, 0) is 70.8 Å². The van der Waals surface area contributed by atoms with Crippen LogP contribution < -0.4 is 0 Å². The summed E-state index contributed by atoms with van der Waals surface area (Å²) in [5.41, 5.74) is 0.712. The quantitative estimate of drug-likeness (QED) is 0.0429. The van der Waals surface area contributed by atoms with Gasteiger partial charge >= 0.3 is 5.97 Å². The Hall–Kier alpha value is -1.07. The molecule has 0 bridgehead atoms. The van der Waals surface area contributed by atoms with Gasteiger partial charge in [0.15, 0.2) is 0 Å². The van der Waals surface area contributed by atoms with Crippen LogP contribution in [0.5, 0.6) is 0 Å². The number of methoxy groups -OCH3 is 2. The van der Waals surface area contributed by atoms with Crippen molar-refractivity contribution in [2.75, 3.05) is 27.8 Å². The van der Waals surface area contributed by atoms with Gasteiger partial charge in [-0.15, -0.1) is 0 Å². The van der Waals surface area contributed by atoms with Gasteiger partial charge in [-0.2, -0.15) is 0 Å². The lowest BCUT2D eigenvalue weighted by Crippen LogP contribution is -2.35. The Morgan fingerprint density at radius 1 is 0.680 bits per heavy atom. The standard InChI is InChI=1S/C41H74O9/c1-5-6-7-8-9-12-15-18-21-35(46-30-44-3)37-25-27-39(49-37)40-28-26-38(50-40)36(47-31-45-4)22-19-16-13-10-11-14-17-20-34(42)24-23-33-29-32(2)48-41(33)43/h29,32,34-40,42H,5-28,30-31H2,1-4H3/t32-,34-,35+,36+,37+,38+,39+,40+/m0/s1. The number of rotatable bonds is 31. The van der Waals surface area contributed by atoms with Gasteiger partial charge in [0.2, 0.25) is 0 Å². The lowest BCUT2D eigenvalue weighted by atomic mass is 9.99. The maximum absolute atomic E-state index is 11.7. The fraction of sp³-hybridized carbons (Fsp3) is 0.927. The minimum atomic E-state index is -0.348. The molecule has 2 saturated heterocycles. The highest BCUT2D eigenvalue weighted by atomic mass is 16.7. The van der Waals surface area contributed by atoms with E-state index in [2.05, 4.69) is 6.92 Å². The molecular formula is C41H74O9. The monoisotopic (exact) mass is 711 g/mol. The van der Waals surface area contributed by atoms with Gasteiger partial charge in [0, 0.05) is 19.8 Å². The van der Waals surface area contributed by atoms with E-state index in [1.807, 2.05) is 13.0 Å². The Labute approximate surface area is 304 Å². The van der Waals surface area contributed by atoms with Crippen molar-refractivity contribution in [3.05, 3.63) is 11.6 Å². The summed E-state index contributed by atoms with van der Waals surface area (Å²) in [4.78, 5) is 11.7. The summed E-state index contributed by atoms with van der Waals surface area (Å²) in [5.74, 6) is -0.226. The number of cyclic esters (lactones) is 1. The Bertz CT molecular complexity index is 897. The fourth-order valence-electron chi connectivity index (χ4n) is 7.91. The van der Waals surface area contributed by atoms with Crippen molar-refractivity contribution in [2.24, 2.45) is 0 Å². The molecular weight excluding hydrogens is 636 g/mol. The van der Waals surface area contributed by atoms with E-state index in [4.69, 9.17) is 33.2 Å². The van der Waals surface area contributed by atoms with E-state index in [1.165, 1.54) is 77.0 Å². The zero-order valence-electron chi connectivity index (χ0n) is 32.3. The molecule has 3 rings (SSSR count).